The maximum absolute atomic E-state index is 13.0. The van der Waals surface area contributed by atoms with E-state index in [1.54, 1.807) is 18.2 Å². The first-order valence-electron chi connectivity index (χ1n) is 5.43. The van der Waals surface area contributed by atoms with Crippen molar-refractivity contribution in [3.8, 4) is 6.07 Å². The summed E-state index contributed by atoms with van der Waals surface area (Å²) >= 11 is 5.63. The van der Waals surface area contributed by atoms with E-state index in [4.69, 9.17) is 16.9 Å². The van der Waals surface area contributed by atoms with Crippen molar-refractivity contribution in [3.63, 3.8) is 0 Å². The fraction of sp³-hybridized carbons (Fsp3) is 0.0714. The molecule has 5 heteroatoms. The number of nitriles is 1. The summed E-state index contributed by atoms with van der Waals surface area (Å²) in [4.78, 5) is 16.2. The Hall–Kier alpha value is -2.25. The van der Waals surface area contributed by atoms with Gasteiger partial charge >= 0.3 is 0 Å². The lowest BCUT2D eigenvalue weighted by Gasteiger charge is -2.08. The smallest absolute Gasteiger partial charge is 0.186 e. The molecule has 0 aliphatic heterocycles. The minimum Gasteiger partial charge on any atom is -0.292 e. The monoisotopic (exact) mass is 274 g/mol. The molecule has 3 nitrogen and oxygen atoms in total. The minimum atomic E-state index is -1.03. The van der Waals surface area contributed by atoms with Gasteiger partial charge in [-0.25, -0.2) is 4.39 Å². The molecule has 0 fully saturated rings. The molecule has 0 amide bonds. The zero-order valence-electron chi connectivity index (χ0n) is 9.68. The number of carbonyl (C=O) groups excluding carboxylic acids is 1. The summed E-state index contributed by atoms with van der Waals surface area (Å²) in [6.45, 7) is 0. The SMILES string of the molecule is N#CC(C(=O)c1ccc(F)c(Cl)c1)c1ccccn1. The number of Topliss-reactive ketones (excluding diaryl/α,β-unsaturated/α-hetero) is 1. The Bertz CT molecular complexity index is 652. The topological polar surface area (TPSA) is 53.8 Å². The van der Waals surface area contributed by atoms with E-state index >= 15 is 0 Å². The predicted molar refractivity (Wildman–Crippen MR) is 68.3 cm³/mol. The van der Waals surface area contributed by atoms with E-state index in [0.717, 1.165) is 6.07 Å². The molecule has 1 aromatic carbocycles. The highest BCUT2D eigenvalue weighted by Crippen LogP contribution is 2.22. The predicted octanol–water partition coefficient (Wildman–Crippen LogP) is 3.36. The van der Waals surface area contributed by atoms with Gasteiger partial charge < -0.3 is 0 Å². The largest absolute Gasteiger partial charge is 0.292 e. The maximum Gasteiger partial charge on any atom is 0.186 e. The van der Waals surface area contributed by atoms with Gasteiger partial charge in [0, 0.05) is 11.8 Å². The first kappa shape index (κ1) is 13.2. The average molecular weight is 275 g/mol. The molecule has 19 heavy (non-hydrogen) atoms. The van der Waals surface area contributed by atoms with E-state index in [0.29, 0.717) is 5.69 Å². The van der Waals surface area contributed by atoms with Crippen LogP contribution in [-0.2, 0) is 0 Å². The lowest BCUT2D eigenvalue weighted by molar-refractivity contribution is 0.0977. The van der Waals surface area contributed by atoms with E-state index in [9.17, 15) is 9.18 Å². The Morgan fingerprint density at radius 3 is 2.74 bits per heavy atom. The lowest BCUT2D eigenvalue weighted by Crippen LogP contribution is -2.12. The molecule has 0 saturated heterocycles. The van der Waals surface area contributed by atoms with Gasteiger partial charge in [-0.15, -0.1) is 0 Å². The zero-order valence-corrected chi connectivity index (χ0v) is 10.4. The van der Waals surface area contributed by atoms with Gasteiger partial charge in [-0.2, -0.15) is 5.26 Å². The van der Waals surface area contributed by atoms with Gasteiger partial charge in [0.15, 0.2) is 11.7 Å². The molecule has 1 heterocycles. The number of ketones is 1. The lowest BCUT2D eigenvalue weighted by atomic mass is 9.95. The molecule has 0 N–H and O–H groups in total. The fourth-order valence-corrected chi connectivity index (χ4v) is 1.80. The van der Waals surface area contributed by atoms with Crippen LogP contribution in [0.1, 0.15) is 22.0 Å². The van der Waals surface area contributed by atoms with Gasteiger partial charge in [0.05, 0.1) is 16.8 Å². The Morgan fingerprint density at radius 2 is 2.16 bits per heavy atom. The molecule has 1 aromatic heterocycles. The number of rotatable bonds is 3. The van der Waals surface area contributed by atoms with Gasteiger partial charge in [-0.05, 0) is 30.3 Å². The van der Waals surface area contributed by atoms with Gasteiger partial charge in [0.2, 0.25) is 0 Å². The van der Waals surface area contributed by atoms with Crippen molar-refractivity contribution in [3.05, 3.63) is 64.7 Å². The number of aromatic nitrogens is 1. The highest BCUT2D eigenvalue weighted by atomic mass is 35.5. The van der Waals surface area contributed by atoms with Crippen molar-refractivity contribution in [2.75, 3.05) is 0 Å². The zero-order chi connectivity index (χ0) is 13.8. The van der Waals surface area contributed by atoms with Crippen LogP contribution in [0.3, 0.4) is 0 Å². The Kier molecular flexibility index (Phi) is 3.88. The van der Waals surface area contributed by atoms with E-state index in [2.05, 4.69) is 4.98 Å². The standard InChI is InChI=1S/C14H8ClFN2O/c15-11-7-9(4-5-12(11)16)14(19)10(8-17)13-3-1-2-6-18-13/h1-7,10H. The van der Waals surface area contributed by atoms with E-state index in [1.807, 2.05) is 6.07 Å². The van der Waals surface area contributed by atoms with Crippen LogP contribution >= 0.6 is 11.6 Å². The number of nitrogens with zero attached hydrogens (tertiary/aromatic N) is 2. The molecular formula is C14H8ClFN2O. The summed E-state index contributed by atoms with van der Waals surface area (Å²) < 4.78 is 13.0. The molecule has 0 saturated carbocycles. The average Bonchev–Trinajstić information content (AvgIpc) is 2.44. The Balaban J connectivity index is 2.37. The van der Waals surface area contributed by atoms with Crippen molar-refractivity contribution in [2.24, 2.45) is 0 Å². The quantitative estimate of drug-likeness (QED) is 0.807. The molecule has 0 radical (unpaired) electrons. The van der Waals surface area contributed by atoms with Crippen LogP contribution in [0.4, 0.5) is 4.39 Å². The summed E-state index contributed by atoms with van der Waals surface area (Å²) in [6, 6.07) is 10.5. The fourth-order valence-electron chi connectivity index (χ4n) is 1.62. The molecule has 0 aliphatic rings. The molecule has 0 bridgehead atoms. The van der Waals surface area contributed by atoms with Gasteiger partial charge in [0.1, 0.15) is 5.82 Å². The van der Waals surface area contributed by atoms with E-state index in [-0.39, 0.29) is 10.6 Å². The highest BCUT2D eigenvalue weighted by Gasteiger charge is 2.23. The van der Waals surface area contributed by atoms with Crippen LogP contribution < -0.4 is 0 Å². The minimum absolute atomic E-state index is 0.149. The summed E-state index contributed by atoms with van der Waals surface area (Å²) in [6.07, 6.45) is 1.50. The molecular weight excluding hydrogens is 267 g/mol. The molecule has 0 spiro atoms. The number of benzene rings is 1. The first-order valence-corrected chi connectivity index (χ1v) is 5.81. The normalized spacial score (nSPS) is 11.6. The number of pyridine rings is 1. The van der Waals surface area contributed by atoms with Gasteiger partial charge in [-0.3, -0.25) is 9.78 Å². The van der Waals surface area contributed by atoms with E-state index < -0.39 is 17.5 Å². The number of halogens is 2. The third kappa shape index (κ3) is 2.78. The van der Waals surface area contributed by atoms with E-state index in [1.165, 1.54) is 18.3 Å². The van der Waals surface area contributed by atoms with Crippen LogP contribution in [-0.4, -0.2) is 10.8 Å². The van der Waals surface area contributed by atoms with Crippen LogP contribution in [0, 0.1) is 17.1 Å². The maximum atomic E-state index is 13.0. The third-order valence-electron chi connectivity index (χ3n) is 2.58. The van der Waals surface area contributed by atoms with Crippen LogP contribution in [0.15, 0.2) is 42.6 Å². The van der Waals surface area contributed by atoms with Crippen LogP contribution in [0.2, 0.25) is 5.02 Å². The highest BCUT2D eigenvalue weighted by molar-refractivity contribution is 6.31. The molecule has 1 atom stereocenters. The Labute approximate surface area is 114 Å². The summed E-state index contributed by atoms with van der Waals surface area (Å²) in [5.74, 6) is -2.09. The van der Waals surface area contributed by atoms with Crippen molar-refractivity contribution in [1.29, 1.82) is 5.26 Å². The van der Waals surface area contributed by atoms with Crippen LogP contribution in [0.5, 0.6) is 0 Å². The Morgan fingerprint density at radius 1 is 1.37 bits per heavy atom. The second-order valence-electron chi connectivity index (χ2n) is 3.81. The van der Waals surface area contributed by atoms with Crippen molar-refractivity contribution >= 4 is 17.4 Å². The van der Waals surface area contributed by atoms with Crippen molar-refractivity contribution in [2.45, 2.75) is 5.92 Å². The number of hydrogen-bond donors (Lipinski definition) is 0. The summed E-state index contributed by atoms with van der Waals surface area (Å²) in [5, 5.41) is 8.97. The summed E-state index contributed by atoms with van der Waals surface area (Å²) in [5.41, 5.74) is 0.541. The van der Waals surface area contributed by atoms with Gasteiger partial charge in [-0.1, -0.05) is 17.7 Å². The van der Waals surface area contributed by atoms with Crippen molar-refractivity contribution < 1.29 is 9.18 Å². The van der Waals surface area contributed by atoms with Crippen molar-refractivity contribution in [1.82, 2.24) is 4.98 Å². The number of carbonyl (C=O) groups is 1. The molecule has 0 aliphatic carbocycles. The molecule has 1 unspecified atom stereocenters. The first-order chi connectivity index (χ1) is 9.13. The molecule has 2 aromatic rings. The molecule has 2 rings (SSSR count). The summed E-state index contributed by atoms with van der Waals surface area (Å²) in [7, 11) is 0. The van der Waals surface area contributed by atoms with Gasteiger partial charge in [0.25, 0.3) is 0 Å². The second kappa shape index (κ2) is 5.59. The molecule has 94 valence electrons. The van der Waals surface area contributed by atoms with Crippen LogP contribution in [0.25, 0.3) is 0 Å². The third-order valence-corrected chi connectivity index (χ3v) is 2.87. The number of hydrogen-bond acceptors (Lipinski definition) is 3. The second-order valence-corrected chi connectivity index (χ2v) is 4.22.